The van der Waals surface area contributed by atoms with Crippen LogP contribution in [0.25, 0.3) is 0 Å². The molecule has 0 aromatic carbocycles. The van der Waals surface area contributed by atoms with Gasteiger partial charge in [-0.15, -0.1) is 11.8 Å². The van der Waals surface area contributed by atoms with E-state index in [1.54, 1.807) is 11.8 Å². The maximum atomic E-state index is 10.9. The third-order valence-electron chi connectivity index (χ3n) is 2.98. The predicted octanol–water partition coefficient (Wildman–Crippen LogP) is 0.671. The molecule has 0 bridgehead atoms. The van der Waals surface area contributed by atoms with Crippen LogP contribution in [0.15, 0.2) is 0 Å². The zero-order valence-corrected chi connectivity index (χ0v) is 8.97. The number of hydrogen-bond donors (Lipinski definition) is 2. The lowest BCUT2D eigenvalue weighted by Crippen LogP contribution is -2.57. The largest absolute Gasteiger partial charge is 0.480 e. The van der Waals surface area contributed by atoms with E-state index in [9.17, 15) is 4.79 Å². The van der Waals surface area contributed by atoms with Crippen LogP contribution < -0.4 is 5.32 Å². The highest BCUT2D eigenvalue weighted by atomic mass is 32.2. The molecule has 2 fully saturated rings. The van der Waals surface area contributed by atoms with Crippen molar-refractivity contribution in [2.24, 2.45) is 0 Å². The summed E-state index contributed by atoms with van der Waals surface area (Å²) in [6.07, 6.45) is 1.71. The summed E-state index contributed by atoms with van der Waals surface area (Å²) in [5.41, 5.74) is 0. The van der Waals surface area contributed by atoms with Gasteiger partial charge in [0, 0.05) is 13.0 Å². The van der Waals surface area contributed by atoms with E-state index in [4.69, 9.17) is 9.84 Å². The molecule has 2 saturated heterocycles. The Kier molecular flexibility index (Phi) is 2.72. The Labute approximate surface area is 87.4 Å². The second-order valence-corrected chi connectivity index (χ2v) is 5.25. The third kappa shape index (κ3) is 1.64. The minimum Gasteiger partial charge on any atom is -0.480 e. The maximum Gasteiger partial charge on any atom is 0.320 e. The summed E-state index contributed by atoms with van der Waals surface area (Å²) in [7, 11) is 0. The fourth-order valence-corrected chi connectivity index (χ4v) is 3.53. The van der Waals surface area contributed by atoms with Gasteiger partial charge in [0.05, 0.1) is 11.0 Å². The first-order valence-electron chi connectivity index (χ1n) is 4.90. The minimum absolute atomic E-state index is 0.106. The number of rotatable bonds is 1. The Bertz CT molecular complexity index is 248. The Morgan fingerprint density at radius 2 is 2.50 bits per heavy atom. The van der Waals surface area contributed by atoms with Gasteiger partial charge in [-0.1, -0.05) is 0 Å². The van der Waals surface area contributed by atoms with E-state index < -0.39 is 12.0 Å². The molecule has 2 aliphatic rings. The SMILES string of the molecule is CC1OCCC12NC(C(=O)O)CCS2. The average Bonchev–Trinajstić information content (AvgIpc) is 2.48. The molecule has 0 aromatic rings. The number of hydrogen-bond acceptors (Lipinski definition) is 4. The highest BCUT2D eigenvalue weighted by molar-refractivity contribution is 8.00. The van der Waals surface area contributed by atoms with Gasteiger partial charge < -0.3 is 9.84 Å². The molecular formula is C9H15NO3S. The van der Waals surface area contributed by atoms with Crippen LogP contribution in [0.4, 0.5) is 0 Å². The van der Waals surface area contributed by atoms with Gasteiger partial charge in [-0.2, -0.15) is 0 Å². The lowest BCUT2D eigenvalue weighted by molar-refractivity contribution is -0.140. The summed E-state index contributed by atoms with van der Waals surface area (Å²) < 4.78 is 5.50. The van der Waals surface area contributed by atoms with Crippen LogP contribution in [0.1, 0.15) is 19.8 Å². The number of nitrogens with one attached hydrogen (secondary N) is 1. The highest BCUT2D eigenvalue weighted by Crippen LogP contribution is 2.40. The Hall–Kier alpha value is -0.260. The number of carboxylic acid groups (broad SMARTS) is 1. The number of ether oxygens (including phenoxy) is 1. The molecule has 0 aliphatic carbocycles. The molecule has 0 radical (unpaired) electrons. The lowest BCUT2D eigenvalue weighted by Gasteiger charge is -2.39. The third-order valence-corrected chi connectivity index (χ3v) is 4.59. The Balaban J connectivity index is 2.09. The molecule has 2 N–H and O–H groups in total. The highest BCUT2D eigenvalue weighted by Gasteiger charge is 2.46. The number of aliphatic carboxylic acids is 1. The summed E-state index contributed by atoms with van der Waals surface area (Å²) in [5.74, 6) is 0.154. The first-order chi connectivity index (χ1) is 6.64. The van der Waals surface area contributed by atoms with Gasteiger partial charge in [-0.3, -0.25) is 10.1 Å². The Morgan fingerprint density at radius 1 is 1.71 bits per heavy atom. The van der Waals surface area contributed by atoms with Gasteiger partial charge in [0.15, 0.2) is 0 Å². The van der Waals surface area contributed by atoms with Gasteiger partial charge in [0.25, 0.3) is 0 Å². The van der Waals surface area contributed by atoms with E-state index in [2.05, 4.69) is 5.32 Å². The monoisotopic (exact) mass is 217 g/mol. The number of thioether (sulfide) groups is 1. The molecule has 0 saturated carbocycles. The topological polar surface area (TPSA) is 58.6 Å². The lowest BCUT2D eigenvalue weighted by atomic mass is 10.1. The zero-order chi connectivity index (χ0) is 10.2. The van der Waals surface area contributed by atoms with Gasteiger partial charge in [-0.05, 0) is 19.1 Å². The van der Waals surface area contributed by atoms with Gasteiger partial charge >= 0.3 is 5.97 Å². The van der Waals surface area contributed by atoms with Crippen LogP contribution in [-0.4, -0.2) is 40.5 Å². The van der Waals surface area contributed by atoms with Gasteiger partial charge in [0.2, 0.25) is 0 Å². The number of carbonyl (C=O) groups is 1. The van der Waals surface area contributed by atoms with Crippen molar-refractivity contribution in [2.75, 3.05) is 12.4 Å². The fraction of sp³-hybridized carbons (Fsp3) is 0.889. The van der Waals surface area contributed by atoms with Crippen molar-refractivity contribution in [3.05, 3.63) is 0 Å². The summed E-state index contributed by atoms with van der Waals surface area (Å²) >= 11 is 1.80. The van der Waals surface area contributed by atoms with Crippen molar-refractivity contribution in [1.29, 1.82) is 0 Å². The molecule has 1 spiro atoms. The summed E-state index contributed by atoms with van der Waals surface area (Å²) in [6.45, 7) is 2.74. The second kappa shape index (κ2) is 3.72. The molecular weight excluding hydrogens is 202 g/mol. The second-order valence-electron chi connectivity index (χ2n) is 3.82. The Morgan fingerprint density at radius 3 is 3.07 bits per heavy atom. The molecule has 14 heavy (non-hydrogen) atoms. The van der Waals surface area contributed by atoms with Crippen LogP contribution in [0.5, 0.6) is 0 Å². The average molecular weight is 217 g/mol. The molecule has 3 atom stereocenters. The molecule has 2 heterocycles. The molecule has 80 valence electrons. The van der Waals surface area contributed by atoms with Crippen LogP contribution in [0.2, 0.25) is 0 Å². The molecule has 0 amide bonds. The van der Waals surface area contributed by atoms with Crippen LogP contribution in [0.3, 0.4) is 0 Å². The van der Waals surface area contributed by atoms with Crippen LogP contribution >= 0.6 is 11.8 Å². The van der Waals surface area contributed by atoms with Crippen molar-refractivity contribution in [1.82, 2.24) is 5.32 Å². The van der Waals surface area contributed by atoms with E-state index >= 15 is 0 Å². The van der Waals surface area contributed by atoms with Crippen molar-refractivity contribution >= 4 is 17.7 Å². The standard InChI is InChI=1S/C9H15NO3S/c1-6-9(3-4-13-6)10-7(8(11)12)2-5-14-9/h6-7,10H,2-5H2,1H3,(H,11,12). The van der Waals surface area contributed by atoms with Crippen molar-refractivity contribution in [2.45, 2.75) is 36.8 Å². The summed E-state index contributed by atoms with van der Waals surface area (Å²) in [5, 5.41) is 12.2. The van der Waals surface area contributed by atoms with Crippen molar-refractivity contribution in [3.8, 4) is 0 Å². The van der Waals surface area contributed by atoms with Gasteiger partial charge in [0.1, 0.15) is 6.04 Å². The predicted molar refractivity (Wildman–Crippen MR) is 54.4 cm³/mol. The first-order valence-corrected chi connectivity index (χ1v) is 5.89. The molecule has 5 heteroatoms. The number of carboxylic acids is 1. The van der Waals surface area contributed by atoms with Crippen molar-refractivity contribution in [3.63, 3.8) is 0 Å². The van der Waals surface area contributed by atoms with Crippen LogP contribution in [0, 0.1) is 0 Å². The first kappa shape index (κ1) is 10.3. The van der Waals surface area contributed by atoms with Crippen LogP contribution in [-0.2, 0) is 9.53 Å². The van der Waals surface area contributed by atoms with E-state index in [0.29, 0.717) is 6.42 Å². The fourth-order valence-electron chi connectivity index (χ4n) is 2.06. The van der Waals surface area contributed by atoms with E-state index in [0.717, 1.165) is 18.8 Å². The van der Waals surface area contributed by atoms with Crippen molar-refractivity contribution < 1.29 is 14.6 Å². The van der Waals surface area contributed by atoms with E-state index in [1.807, 2.05) is 6.92 Å². The molecule has 2 rings (SSSR count). The minimum atomic E-state index is -0.747. The molecule has 4 nitrogen and oxygen atoms in total. The summed E-state index contributed by atoms with van der Waals surface area (Å²) in [6, 6.07) is -0.402. The zero-order valence-electron chi connectivity index (χ0n) is 8.16. The molecule has 0 aromatic heterocycles. The maximum absolute atomic E-state index is 10.9. The molecule has 3 unspecified atom stereocenters. The normalized spacial score (nSPS) is 42.9. The van der Waals surface area contributed by atoms with E-state index in [-0.39, 0.29) is 11.0 Å². The molecule has 2 aliphatic heterocycles. The smallest absolute Gasteiger partial charge is 0.320 e. The van der Waals surface area contributed by atoms with E-state index in [1.165, 1.54) is 0 Å². The quantitative estimate of drug-likeness (QED) is 0.676. The summed E-state index contributed by atoms with van der Waals surface area (Å²) in [4.78, 5) is 10.7. The van der Waals surface area contributed by atoms with Gasteiger partial charge in [-0.25, -0.2) is 0 Å².